The molecule has 0 bridgehead atoms. The van der Waals surface area contributed by atoms with Crippen LogP contribution in [0.5, 0.6) is 5.75 Å². The van der Waals surface area contributed by atoms with Crippen LogP contribution in [0.25, 0.3) is 0 Å². The molecule has 1 N–H and O–H groups in total. The summed E-state index contributed by atoms with van der Waals surface area (Å²) < 4.78 is 21.6. The second kappa shape index (κ2) is 9.47. The molecule has 0 radical (unpaired) electrons. The summed E-state index contributed by atoms with van der Waals surface area (Å²) in [6.07, 6.45) is 1.12. The minimum atomic E-state index is -0.617. The molecule has 3 aromatic rings. The lowest BCUT2D eigenvalue weighted by Gasteiger charge is -2.22. The molecule has 0 unspecified atom stereocenters. The molecule has 3 rings (SSSR count). The zero-order chi connectivity index (χ0) is 23.4. The zero-order valence-corrected chi connectivity index (χ0v) is 18.7. The lowest BCUT2D eigenvalue weighted by molar-refractivity contribution is 0.0945. The van der Waals surface area contributed by atoms with E-state index in [9.17, 15) is 9.18 Å². The Morgan fingerprint density at radius 1 is 1.34 bits per heavy atom. The van der Waals surface area contributed by atoms with Crippen molar-refractivity contribution in [2.24, 2.45) is 7.05 Å². The van der Waals surface area contributed by atoms with E-state index in [0.29, 0.717) is 34.1 Å². The second-order valence-corrected chi connectivity index (χ2v) is 7.66. The number of ether oxygens (including phenoxy) is 1. The number of aromatic nitrogens is 3. The van der Waals surface area contributed by atoms with Crippen molar-refractivity contribution >= 4 is 11.7 Å². The van der Waals surface area contributed by atoms with Crippen LogP contribution < -0.4 is 15.0 Å². The number of aryl methyl sites for hydroxylation is 2. The van der Waals surface area contributed by atoms with Crippen LogP contribution in [0.1, 0.15) is 45.9 Å². The maximum atomic E-state index is 14.1. The first-order valence-electron chi connectivity index (χ1n) is 10.0. The number of carbonyl (C=O) groups excluding carboxylic acids is 1. The van der Waals surface area contributed by atoms with E-state index in [4.69, 9.17) is 10.00 Å². The number of pyridine rings is 1. The molecule has 2 aromatic heterocycles. The fourth-order valence-electron chi connectivity index (χ4n) is 3.27. The number of anilines is 1. The first-order valence-corrected chi connectivity index (χ1v) is 10.0. The molecule has 0 saturated carbocycles. The van der Waals surface area contributed by atoms with Gasteiger partial charge in [-0.15, -0.1) is 0 Å². The number of nitrogens with one attached hydrogen (secondary N) is 1. The normalized spacial score (nSPS) is 11.5. The van der Waals surface area contributed by atoms with Gasteiger partial charge in [0.1, 0.15) is 23.7 Å². The molecule has 0 saturated heterocycles. The lowest BCUT2D eigenvalue weighted by atomic mass is 10.0. The third-order valence-electron chi connectivity index (χ3n) is 4.87. The molecule has 0 aliphatic rings. The highest BCUT2D eigenvalue weighted by molar-refractivity contribution is 5.95. The molecule has 166 valence electrons. The minimum Gasteiger partial charge on any atom is -0.482 e. The predicted molar refractivity (Wildman–Crippen MR) is 118 cm³/mol. The van der Waals surface area contributed by atoms with Crippen LogP contribution in [0.3, 0.4) is 0 Å². The van der Waals surface area contributed by atoms with E-state index in [2.05, 4.69) is 15.4 Å². The van der Waals surface area contributed by atoms with Gasteiger partial charge in [-0.2, -0.15) is 10.4 Å². The van der Waals surface area contributed by atoms with Crippen LogP contribution in [-0.4, -0.2) is 34.8 Å². The molecular weight excluding hydrogens is 411 g/mol. The predicted octanol–water partition coefficient (Wildman–Crippen LogP) is 3.27. The van der Waals surface area contributed by atoms with Gasteiger partial charge in [0, 0.05) is 38.5 Å². The minimum absolute atomic E-state index is 0.132. The van der Waals surface area contributed by atoms with Crippen molar-refractivity contribution in [3.05, 3.63) is 70.4 Å². The molecule has 1 atom stereocenters. The number of hydrogen-bond donors (Lipinski definition) is 1. The van der Waals surface area contributed by atoms with Gasteiger partial charge in [0.2, 0.25) is 0 Å². The highest BCUT2D eigenvalue weighted by Crippen LogP contribution is 2.31. The van der Waals surface area contributed by atoms with E-state index in [1.54, 1.807) is 26.2 Å². The number of halogens is 1. The van der Waals surface area contributed by atoms with Gasteiger partial charge >= 0.3 is 0 Å². The number of hydrogen-bond acceptors (Lipinski definition) is 6. The fraction of sp³-hybridized carbons (Fsp3) is 0.304. The van der Waals surface area contributed by atoms with Crippen LogP contribution in [0, 0.1) is 24.1 Å². The highest BCUT2D eigenvalue weighted by atomic mass is 19.1. The van der Waals surface area contributed by atoms with Crippen molar-refractivity contribution < 1.29 is 13.9 Å². The highest BCUT2D eigenvalue weighted by Gasteiger charge is 2.21. The summed E-state index contributed by atoms with van der Waals surface area (Å²) in [6, 6.07) is 9.45. The van der Waals surface area contributed by atoms with E-state index in [0.717, 1.165) is 5.56 Å². The van der Waals surface area contributed by atoms with Crippen molar-refractivity contribution in [3.8, 4) is 11.8 Å². The van der Waals surface area contributed by atoms with Gasteiger partial charge in [-0.25, -0.2) is 9.37 Å². The molecule has 1 amide bonds. The molecule has 0 spiro atoms. The molecule has 9 heteroatoms. The molecule has 0 aliphatic carbocycles. The van der Waals surface area contributed by atoms with E-state index in [1.165, 1.54) is 22.9 Å². The number of nitrogens with zero attached hydrogens (tertiary/aromatic N) is 5. The third-order valence-corrected chi connectivity index (χ3v) is 4.87. The Labute approximate surface area is 186 Å². The van der Waals surface area contributed by atoms with Gasteiger partial charge in [-0.05, 0) is 49.7 Å². The van der Waals surface area contributed by atoms with Gasteiger partial charge in [0.25, 0.3) is 5.91 Å². The quantitative estimate of drug-likeness (QED) is 0.611. The summed E-state index contributed by atoms with van der Waals surface area (Å²) in [4.78, 5) is 19.1. The monoisotopic (exact) mass is 436 g/mol. The number of carbonyl (C=O) groups is 1. The van der Waals surface area contributed by atoms with E-state index in [-0.39, 0.29) is 6.54 Å². The average Bonchev–Trinajstić information content (AvgIpc) is 3.11. The summed E-state index contributed by atoms with van der Waals surface area (Å²) in [5.74, 6) is 0.310. The van der Waals surface area contributed by atoms with Crippen LogP contribution in [0.4, 0.5) is 10.2 Å². The molecule has 2 heterocycles. The summed E-state index contributed by atoms with van der Waals surface area (Å²) in [6.45, 7) is 3.79. The Morgan fingerprint density at radius 2 is 2.09 bits per heavy atom. The Kier molecular flexibility index (Phi) is 6.73. The van der Waals surface area contributed by atoms with Crippen LogP contribution in [0.15, 0.2) is 36.5 Å². The number of benzene rings is 1. The first kappa shape index (κ1) is 22.7. The third kappa shape index (κ3) is 5.03. The average molecular weight is 436 g/mol. The fourth-order valence-corrected chi connectivity index (χ4v) is 3.27. The molecule has 0 aliphatic heterocycles. The van der Waals surface area contributed by atoms with Crippen LogP contribution in [-0.2, 0) is 13.6 Å². The Morgan fingerprint density at radius 3 is 2.75 bits per heavy atom. The Balaban J connectivity index is 1.83. The van der Waals surface area contributed by atoms with Gasteiger partial charge in [-0.3, -0.25) is 9.48 Å². The zero-order valence-electron chi connectivity index (χ0n) is 18.7. The Bertz CT molecular complexity index is 1180. The van der Waals surface area contributed by atoms with Gasteiger partial charge in [0.15, 0.2) is 11.6 Å². The largest absolute Gasteiger partial charge is 0.482 e. The summed E-state index contributed by atoms with van der Waals surface area (Å²) in [7, 11) is 5.36. The maximum absolute atomic E-state index is 14.1. The standard InChI is InChI=1S/C23H25FN6O2/c1-14-8-21(22(26-12-14)29(3)4)32-15(2)20-9-16(24)6-7-19(20)23(31)27-13-17-10-18(11-25)30(5)28-17/h6-10,12,15H,13H2,1-5H3,(H,27,31)/t15-/m1/s1. The van der Waals surface area contributed by atoms with Crippen molar-refractivity contribution in [3.63, 3.8) is 0 Å². The van der Waals surface area contributed by atoms with Gasteiger partial charge < -0.3 is 15.0 Å². The lowest BCUT2D eigenvalue weighted by Crippen LogP contribution is -2.25. The van der Waals surface area contributed by atoms with E-state index in [1.807, 2.05) is 38.1 Å². The van der Waals surface area contributed by atoms with Crippen molar-refractivity contribution in [2.45, 2.75) is 26.5 Å². The molecule has 0 fully saturated rings. The molecule has 1 aromatic carbocycles. The summed E-state index contributed by atoms with van der Waals surface area (Å²) in [5.41, 5.74) is 2.56. The van der Waals surface area contributed by atoms with E-state index < -0.39 is 17.8 Å². The molecular formula is C23H25FN6O2. The van der Waals surface area contributed by atoms with Crippen LogP contribution in [0.2, 0.25) is 0 Å². The smallest absolute Gasteiger partial charge is 0.252 e. The van der Waals surface area contributed by atoms with Crippen LogP contribution >= 0.6 is 0 Å². The van der Waals surface area contributed by atoms with Gasteiger partial charge in [-0.1, -0.05) is 0 Å². The summed E-state index contributed by atoms with van der Waals surface area (Å²) >= 11 is 0. The first-order chi connectivity index (χ1) is 15.2. The topological polar surface area (TPSA) is 96.1 Å². The second-order valence-electron chi connectivity index (χ2n) is 7.66. The van der Waals surface area contributed by atoms with Crippen molar-refractivity contribution in [2.75, 3.05) is 19.0 Å². The number of nitriles is 1. The summed E-state index contributed by atoms with van der Waals surface area (Å²) in [5, 5.41) is 16.0. The van der Waals surface area contributed by atoms with Crippen molar-refractivity contribution in [1.29, 1.82) is 5.26 Å². The van der Waals surface area contributed by atoms with Crippen molar-refractivity contribution in [1.82, 2.24) is 20.1 Å². The maximum Gasteiger partial charge on any atom is 0.252 e. The number of rotatable bonds is 7. The molecule has 32 heavy (non-hydrogen) atoms. The SMILES string of the molecule is Cc1cnc(N(C)C)c(O[C@H](C)c2cc(F)ccc2C(=O)NCc2cc(C#N)n(C)n2)c1. The van der Waals surface area contributed by atoms with E-state index >= 15 is 0 Å². The molecule has 8 nitrogen and oxygen atoms in total. The number of amides is 1. The Hall–Kier alpha value is -3.93. The van der Waals surface area contributed by atoms with Gasteiger partial charge in [0.05, 0.1) is 12.2 Å².